The molecule has 2 atom stereocenters. The zero-order valence-electron chi connectivity index (χ0n) is 11.2. The zero-order chi connectivity index (χ0) is 13.1. The fourth-order valence-electron chi connectivity index (χ4n) is 3.73. The lowest BCUT2D eigenvalue weighted by Gasteiger charge is -2.45. The lowest BCUT2D eigenvalue weighted by atomic mass is 9.60. The van der Waals surface area contributed by atoms with Crippen LogP contribution in [0, 0.1) is 11.3 Å². The van der Waals surface area contributed by atoms with Crippen LogP contribution in [0.15, 0.2) is 0 Å². The molecule has 4 heteroatoms. The molecule has 2 saturated heterocycles. The Morgan fingerprint density at radius 1 is 1.24 bits per heavy atom. The van der Waals surface area contributed by atoms with Crippen LogP contribution in [0.4, 0.5) is 0 Å². The summed E-state index contributed by atoms with van der Waals surface area (Å²) in [5.41, 5.74) is -1.12. The monoisotopic (exact) mass is 239 g/mol. The van der Waals surface area contributed by atoms with Gasteiger partial charge in [-0.2, -0.15) is 0 Å². The Balaban J connectivity index is 2.46. The fraction of sp³-hybridized carbons (Fsp3) is 0.846. The van der Waals surface area contributed by atoms with Crippen molar-refractivity contribution >= 4 is 11.8 Å². The molecule has 0 saturated carbocycles. The predicted molar refractivity (Wildman–Crippen MR) is 63.2 cm³/mol. The highest BCUT2D eigenvalue weighted by Gasteiger charge is 2.63. The zero-order valence-corrected chi connectivity index (χ0v) is 11.2. The molecule has 2 fully saturated rings. The van der Waals surface area contributed by atoms with Gasteiger partial charge in [0.25, 0.3) is 0 Å². The minimum atomic E-state index is -0.455. The SMILES string of the molecule is CC1C(=O)NC(=O)CC12CC(C)(C)OC2(C)C. The van der Waals surface area contributed by atoms with Gasteiger partial charge in [-0.25, -0.2) is 0 Å². The summed E-state index contributed by atoms with van der Waals surface area (Å²) in [5, 5.41) is 2.41. The molecule has 0 aromatic rings. The molecule has 2 heterocycles. The van der Waals surface area contributed by atoms with Crippen molar-refractivity contribution in [3.63, 3.8) is 0 Å². The van der Waals surface area contributed by atoms with Crippen LogP contribution in [0.2, 0.25) is 0 Å². The van der Waals surface area contributed by atoms with Gasteiger partial charge in [-0.05, 0) is 34.1 Å². The second-order valence-electron chi connectivity index (χ2n) is 6.52. The second-order valence-corrected chi connectivity index (χ2v) is 6.52. The molecule has 1 N–H and O–H groups in total. The summed E-state index contributed by atoms with van der Waals surface area (Å²) in [6.45, 7) is 9.92. The van der Waals surface area contributed by atoms with E-state index in [9.17, 15) is 9.59 Å². The number of imide groups is 1. The molecule has 1 spiro atoms. The van der Waals surface area contributed by atoms with Crippen LogP contribution in [0.5, 0.6) is 0 Å². The molecule has 2 unspecified atom stereocenters. The first-order valence-electron chi connectivity index (χ1n) is 6.14. The third-order valence-electron chi connectivity index (χ3n) is 4.43. The number of piperidine rings is 1. The fourth-order valence-corrected chi connectivity index (χ4v) is 3.73. The smallest absolute Gasteiger partial charge is 0.230 e. The van der Waals surface area contributed by atoms with Gasteiger partial charge in [0.2, 0.25) is 11.8 Å². The van der Waals surface area contributed by atoms with Crippen molar-refractivity contribution in [1.82, 2.24) is 5.32 Å². The molecular formula is C13H21NO3. The van der Waals surface area contributed by atoms with Crippen molar-refractivity contribution in [2.75, 3.05) is 0 Å². The number of hydrogen-bond acceptors (Lipinski definition) is 3. The minimum absolute atomic E-state index is 0.171. The normalized spacial score (nSPS) is 39.5. The van der Waals surface area contributed by atoms with Crippen LogP contribution in [0.3, 0.4) is 0 Å². The van der Waals surface area contributed by atoms with Gasteiger partial charge in [-0.3, -0.25) is 14.9 Å². The van der Waals surface area contributed by atoms with Crippen LogP contribution in [-0.2, 0) is 14.3 Å². The van der Waals surface area contributed by atoms with E-state index in [0.29, 0.717) is 6.42 Å². The van der Waals surface area contributed by atoms with Gasteiger partial charge in [-0.1, -0.05) is 6.92 Å². The number of rotatable bonds is 0. The van der Waals surface area contributed by atoms with Crippen molar-refractivity contribution < 1.29 is 14.3 Å². The number of carbonyl (C=O) groups is 2. The average molecular weight is 239 g/mol. The van der Waals surface area contributed by atoms with E-state index >= 15 is 0 Å². The van der Waals surface area contributed by atoms with E-state index in [1.165, 1.54) is 0 Å². The van der Waals surface area contributed by atoms with Crippen LogP contribution in [-0.4, -0.2) is 23.0 Å². The Bertz CT molecular complexity index is 386. The topological polar surface area (TPSA) is 55.4 Å². The van der Waals surface area contributed by atoms with Crippen molar-refractivity contribution in [2.24, 2.45) is 11.3 Å². The second kappa shape index (κ2) is 3.31. The molecule has 96 valence electrons. The third kappa shape index (κ3) is 1.69. The van der Waals surface area contributed by atoms with Gasteiger partial charge in [-0.15, -0.1) is 0 Å². The minimum Gasteiger partial charge on any atom is -0.369 e. The number of ether oxygens (including phenoxy) is 1. The summed E-state index contributed by atoms with van der Waals surface area (Å²) >= 11 is 0. The quantitative estimate of drug-likeness (QED) is 0.654. The lowest BCUT2D eigenvalue weighted by molar-refractivity contribution is -0.155. The van der Waals surface area contributed by atoms with E-state index in [4.69, 9.17) is 4.74 Å². The van der Waals surface area contributed by atoms with Crippen molar-refractivity contribution in [1.29, 1.82) is 0 Å². The van der Waals surface area contributed by atoms with E-state index in [0.717, 1.165) is 6.42 Å². The summed E-state index contributed by atoms with van der Waals surface area (Å²) < 4.78 is 6.06. The largest absolute Gasteiger partial charge is 0.369 e. The molecule has 2 aliphatic heterocycles. The summed E-state index contributed by atoms with van der Waals surface area (Å²) in [5.74, 6) is -0.546. The van der Waals surface area contributed by atoms with Gasteiger partial charge in [0, 0.05) is 17.8 Å². The highest BCUT2D eigenvalue weighted by Crippen LogP contribution is 2.58. The number of nitrogens with one attached hydrogen (secondary N) is 1. The Morgan fingerprint density at radius 3 is 2.29 bits per heavy atom. The average Bonchev–Trinajstić information content (AvgIpc) is 2.27. The Hall–Kier alpha value is -0.900. The number of hydrogen-bond donors (Lipinski definition) is 1. The first-order chi connectivity index (χ1) is 7.60. The Kier molecular flexibility index (Phi) is 2.45. The molecule has 0 aromatic heterocycles. The summed E-state index contributed by atoms with van der Waals surface area (Å²) in [6, 6.07) is 0. The molecule has 17 heavy (non-hydrogen) atoms. The first kappa shape index (κ1) is 12.6. The predicted octanol–water partition coefficient (Wildman–Crippen LogP) is 1.63. The molecule has 0 radical (unpaired) electrons. The maximum absolute atomic E-state index is 11.9. The lowest BCUT2D eigenvalue weighted by Crippen LogP contribution is -2.57. The molecule has 0 aromatic carbocycles. The molecule has 2 amide bonds. The van der Waals surface area contributed by atoms with Crippen LogP contribution in [0.1, 0.15) is 47.5 Å². The summed E-state index contributed by atoms with van der Waals surface area (Å²) in [6.07, 6.45) is 1.11. The van der Waals surface area contributed by atoms with E-state index in [1.807, 2.05) is 34.6 Å². The Morgan fingerprint density at radius 2 is 1.82 bits per heavy atom. The molecule has 4 nitrogen and oxygen atoms in total. The van der Waals surface area contributed by atoms with Gasteiger partial charge in [0.1, 0.15) is 0 Å². The van der Waals surface area contributed by atoms with Gasteiger partial charge >= 0.3 is 0 Å². The Labute approximate surface area is 102 Å². The van der Waals surface area contributed by atoms with Crippen LogP contribution < -0.4 is 5.32 Å². The van der Waals surface area contributed by atoms with E-state index < -0.39 is 5.60 Å². The first-order valence-corrected chi connectivity index (χ1v) is 6.14. The molecule has 0 aliphatic carbocycles. The summed E-state index contributed by atoms with van der Waals surface area (Å²) in [4.78, 5) is 23.6. The highest BCUT2D eigenvalue weighted by molar-refractivity contribution is 5.99. The van der Waals surface area contributed by atoms with Crippen LogP contribution in [0.25, 0.3) is 0 Å². The molecule has 0 bridgehead atoms. The van der Waals surface area contributed by atoms with Crippen LogP contribution >= 0.6 is 0 Å². The molecule has 2 aliphatic rings. The van der Waals surface area contributed by atoms with Gasteiger partial charge < -0.3 is 4.74 Å². The third-order valence-corrected chi connectivity index (χ3v) is 4.43. The highest BCUT2D eigenvalue weighted by atomic mass is 16.5. The van der Waals surface area contributed by atoms with Gasteiger partial charge in [0.15, 0.2) is 0 Å². The molecular weight excluding hydrogens is 218 g/mol. The van der Waals surface area contributed by atoms with E-state index in [1.54, 1.807) is 0 Å². The maximum atomic E-state index is 11.9. The van der Waals surface area contributed by atoms with E-state index in [2.05, 4.69) is 5.32 Å². The molecule has 2 rings (SSSR count). The van der Waals surface area contributed by atoms with E-state index in [-0.39, 0.29) is 28.7 Å². The van der Waals surface area contributed by atoms with Crippen molar-refractivity contribution in [2.45, 2.75) is 58.7 Å². The van der Waals surface area contributed by atoms with Gasteiger partial charge in [0.05, 0.1) is 11.2 Å². The number of amides is 2. The maximum Gasteiger partial charge on any atom is 0.230 e. The standard InChI is InChI=1S/C13H21NO3/c1-8-10(16)14-9(15)6-13(8)7-11(2,3)17-12(13,4)5/h8H,6-7H2,1-5H3,(H,14,15,16). The summed E-state index contributed by atoms with van der Waals surface area (Å²) in [7, 11) is 0. The van der Waals surface area contributed by atoms with Crippen molar-refractivity contribution in [3.05, 3.63) is 0 Å². The number of carbonyl (C=O) groups excluding carboxylic acids is 2. The van der Waals surface area contributed by atoms with Crippen molar-refractivity contribution in [3.8, 4) is 0 Å².